The molecule has 0 radical (unpaired) electrons. The first-order valence-corrected chi connectivity index (χ1v) is 11.6. The van der Waals surface area contributed by atoms with Crippen LogP contribution in [0.15, 0.2) is 59.5 Å². The van der Waals surface area contributed by atoms with Crippen LogP contribution in [0.3, 0.4) is 0 Å². The molecule has 4 nitrogen and oxygen atoms in total. The molecule has 1 aliphatic rings. The molecule has 5 heteroatoms. The summed E-state index contributed by atoms with van der Waals surface area (Å²) < 4.78 is 33.8. The van der Waals surface area contributed by atoms with E-state index in [4.69, 9.17) is 4.74 Å². The van der Waals surface area contributed by atoms with Crippen molar-refractivity contribution in [1.29, 1.82) is 0 Å². The molecule has 0 atom stereocenters. The van der Waals surface area contributed by atoms with Crippen LogP contribution in [0, 0.1) is 20.8 Å². The number of aryl methyl sites for hydroxylation is 3. The van der Waals surface area contributed by atoms with E-state index in [2.05, 4.69) is 24.3 Å². The van der Waals surface area contributed by atoms with Gasteiger partial charge in [0.25, 0.3) is 0 Å². The van der Waals surface area contributed by atoms with E-state index in [0.717, 1.165) is 39.1 Å². The van der Waals surface area contributed by atoms with Crippen LogP contribution >= 0.6 is 0 Å². The summed E-state index contributed by atoms with van der Waals surface area (Å²) >= 11 is 0. The van der Waals surface area contributed by atoms with Gasteiger partial charge < -0.3 is 4.74 Å². The highest BCUT2D eigenvalue weighted by atomic mass is 32.2. The quantitative estimate of drug-likeness (QED) is 0.593. The van der Waals surface area contributed by atoms with E-state index in [1.807, 2.05) is 51.1 Å². The number of rotatable bonds is 4. The van der Waals surface area contributed by atoms with Gasteiger partial charge in [-0.25, -0.2) is 8.42 Å². The third-order valence-electron chi connectivity index (χ3n) is 5.79. The molecule has 3 aromatic carbocycles. The lowest BCUT2D eigenvalue weighted by atomic mass is 9.95. The Labute approximate surface area is 179 Å². The minimum atomic E-state index is -3.54. The van der Waals surface area contributed by atoms with E-state index in [1.165, 1.54) is 5.56 Å². The molecule has 0 spiro atoms. The van der Waals surface area contributed by atoms with Gasteiger partial charge in [0.1, 0.15) is 5.75 Å². The van der Waals surface area contributed by atoms with Crippen molar-refractivity contribution in [3.05, 3.63) is 82.4 Å². The van der Waals surface area contributed by atoms with Crippen molar-refractivity contribution in [3.8, 4) is 16.9 Å². The van der Waals surface area contributed by atoms with E-state index in [-0.39, 0.29) is 0 Å². The number of ether oxygens (including phenoxy) is 1. The van der Waals surface area contributed by atoms with Gasteiger partial charge in [0.15, 0.2) is 0 Å². The summed E-state index contributed by atoms with van der Waals surface area (Å²) in [6.45, 7) is 6.65. The van der Waals surface area contributed by atoms with Crippen molar-refractivity contribution < 1.29 is 13.2 Å². The minimum Gasteiger partial charge on any atom is -0.497 e. The summed E-state index contributed by atoms with van der Waals surface area (Å²) in [6.07, 6.45) is 0.705. The number of nitrogens with zero attached hydrogens (tertiary/aromatic N) is 1. The van der Waals surface area contributed by atoms with Crippen molar-refractivity contribution in [2.24, 2.45) is 0 Å². The molecular formula is C25H27NO3S. The van der Waals surface area contributed by atoms with Gasteiger partial charge in [0.05, 0.1) is 12.0 Å². The highest BCUT2D eigenvalue weighted by molar-refractivity contribution is 7.89. The lowest BCUT2D eigenvalue weighted by molar-refractivity contribution is 0.391. The van der Waals surface area contributed by atoms with Crippen molar-refractivity contribution in [2.75, 3.05) is 13.7 Å². The number of benzene rings is 3. The fraction of sp³-hybridized carbons (Fsp3) is 0.280. The summed E-state index contributed by atoms with van der Waals surface area (Å²) in [4.78, 5) is 0.449. The van der Waals surface area contributed by atoms with Crippen LogP contribution in [-0.4, -0.2) is 26.4 Å². The van der Waals surface area contributed by atoms with Crippen LogP contribution in [0.1, 0.15) is 27.8 Å². The highest BCUT2D eigenvalue weighted by Crippen LogP contribution is 2.32. The maximum atomic E-state index is 13.4. The van der Waals surface area contributed by atoms with Crippen molar-refractivity contribution in [1.82, 2.24) is 4.31 Å². The van der Waals surface area contributed by atoms with Gasteiger partial charge in [-0.3, -0.25) is 0 Å². The Kier molecular flexibility index (Phi) is 5.43. The van der Waals surface area contributed by atoms with Gasteiger partial charge in [-0.1, -0.05) is 48.0 Å². The fourth-order valence-electron chi connectivity index (χ4n) is 4.42. The van der Waals surface area contributed by atoms with Crippen LogP contribution in [0.25, 0.3) is 11.1 Å². The van der Waals surface area contributed by atoms with Gasteiger partial charge in [0, 0.05) is 13.1 Å². The van der Waals surface area contributed by atoms with Crippen LogP contribution in [-0.2, 0) is 23.0 Å². The van der Waals surface area contributed by atoms with Gasteiger partial charge in [0.2, 0.25) is 10.0 Å². The molecule has 3 aromatic rings. The van der Waals surface area contributed by atoms with E-state index in [1.54, 1.807) is 11.4 Å². The van der Waals surface area contributed by atoms with Gasteiger partial charge in [-0.2, -0.15) is 4.31 Å². The molecule has 30 heavy (non-hydrogen) atoms. The van der Waals surface area contributed by atoms with E-state index in [0.29, 0.717) is 24.4 Å². The fourth-order valence-corrected chi connectivity index (χ4v) is 6.25. The van der Waals surface area contributed by atoms with Crippen molar-refractivity contribution >= 4 is 10.0 Å². The zero-order valence-electron chi connectivity index (χ0n) is 17.9. The molecule has 4 rings (SSSR count). The third-order valence-corrected chi connectivity index (χ3v) is 7.94. The number of methoxy groups -OCH3 is 1. The Balaban J connectivity index is 1.64. The second kappa shape index (κ2) is 7.89. The average Bonchev–Trinajstić information content (AvgIpc) is 2.72. The summed E-state index contributed by atoms with van der Waals surface area (Å²) in [5.74, 6) is 0.825. The lowest BCUT2D eigenvalue weighted by Crippen LogP contribution is -2.36. The SMILES string of the molecule is COc1cccc(-c2ccc3c(c2)CCN(S(=O)(=O)c2c(C)cc(C)cc2C)C3)c1. The zero-order valence-corrected chi connectivity index (χ0v) is 18.7. The molecule has 0 aromatic heterocycles. The first-order valence-electron chi connectivity index (χ1n) is 10.1. The molecule has 156 valence electrons. The molecule has 1 aliphatic heterocycles. The lowest BCUT2D eigenvalue weighted by Gasteiger charge is -2.29. The van der Waals surface area contributed by atoms with Crippen molar-refractivity contribution in [3.63, 3.8) is 0 Å². The monoisotopic (exact) mass is 421 g/mol. The topological polar surface area (TPSA) is 46.6 Å². The molecule has 0 saturated carbocycles. The summed E-state index contributed by atoms with van der Waals surface area (Å²) in [5.41, 5.74) is 7.20. The van der Waals surface area contributed by atoms with E-state index < -0.39 is 10.0 Å². The number of hydrogen-bond donors (Lipinski definition) is 0. The second-order valence-corrected chi connectivity index (χ2v) is 9.91. The maximum absolute atomic E-state index is 13.4. The molecular weight excluding hydrogens is 394 g/mol. The molecule has 1 heterocycles. The van der Waals surface area contributed by atoms with E-state index in [9.17, 15) is 8.42 Å². The predicted octanol–water partition coefficient (Wildman–Crippen LogP) is 5.03. The zero-order chi connectivity index (χ0) is 21.5. The Morgan fingerprint density at radius 1 is 0.867 bits per heavy atom. The molecule has 0 fully saturated rings. The largest absolute Gasteiger partial charge is 0.497 e. The van der Waals surface area contributed by atoms with Gasteiger partial charge in [-0.15, -0.1) is 0 Å². The van der Waals surface area contributed by atoms with Gasteiger partial charge >= 0.3 is 0 Å². The molecule has 0 bridgehead atoms. The maximum Gasteiger partial charge on any atom is 0.243 e. The molecule has 0 N–H and O–H groups in total. The predicted molar refractivity (Wildman–Crippen MR) is 120 cm³/mol. The molecule has 0 aliphatic carbocycles. The molecule has 0 unspecified atom stereocenters. The summed E-state index contributed by atoms with van der Waals surface area (Å²) in [7, 11) is -1.87. The third kappa shape index (κ3) is 3.75. The van der Waals surface area contributed by atoms with Crippen LogP contribution in [0.5, 0.6) is 5.75 Å². The summed E-state index contributed by atoms with van der Waals surface area (Å²) in [6, 6.07) is 18.2. The number of fused-ring (bicyclic) bond motifs is 1. The Morgan fingerprint density at radius 3 is 2.27 bits per heavy atom. The Morgan fingerprint density at radius 2 is 1.57 bits per heavy atom. The Hall–Kier alpha value is -2.63. The number of sulfonamides is 1. The standard InChI is InChI=1S/C25H27NO3S/c1-17-12-18(2)25(19(3)13-17)30(27,28)26-11-10-22-14-21(8-9-23(22)16-26)20-6-5-7-24(15-20)29-4/h5-9,12-15H,10-11,16H2,1-4H3. The van der Waals surface area contributed by atoms with Crippen LogP contribution < -0.4 is 4.74 Å². The molecule has 0 amide bonds. The van der Waals surface area contributed by atoms with Crippen LogP contribution in [0.4, 0.5) is 0 Å². The smallest absolute Gasteiger partial charge is 0.243 e. The average molecular weight is 422 g/mol. The summed E-state index contributed by atoms with van der Waals surface area (Å²) in [5, 5.41) is 0. The van der Waals surface area contributed by atoms with Crippen LogP contribution in [0.2, 0.25) is 0 Å². The van der Waals surface area contributed by atoms with Crippen molar-refractivity contribution in [2.45, 2.75) is 38.6 Å². The first-order chi connectivity index (χ1) is 14.3. The normalized spacial score (nSPS) is 14.4. The minimum absolute atomic E-state index is 0.406. The van der Waals surface area contributed by atoms with Gasteiger partial charge in [-0.05, 0) is 72.7 Å². The second-order valence-electron chi connectivity index (χ2n) is 8.03. The molecule has 0 saturated heterocycles. The number of hydrogen-bond acceptors (Lipinski definition) is 3. The highest BCUT2D eigenvalue weighted by Gasteiger charge is 2.30. The first kappa shape index (κ1) is 20.6. The Bertz CT molecular complexity index is 1190. The van der Waals surface area contributed by atoms with E-state index >= 15 is 0 Å².